The molecule has 6 heteroatoms. The molecule has 0 aliphatic heterocycles. The predicted octanol–water partition coefficient (Wildman–Crippen LogP) is 7.48. The number of hydrogen-bond donors (Lipinski definition) is 2. The molecular weight excluding hydrogens is 439 g/mol. The van der Waals surface area contributed by atoms with Gasteiger partial charge in [-0.15, -0.1) is 0 Å². The zero-order chi connectivity index (χ0) is 25.5. The number of anilines is 1. The molecule has 0 spiro atoms. The van der Waals surface area contributed by atoms with Gasteiger partial charge in [-0.1, -0.05) is 45.7 Å². The van der Waals surface area contributed by atoms with Crippen LogP contribution in [0, 0.1) is 19.8 Å². The van der Waals surface area contributed by atoms with E-state index in [1.165, 1.54) is 12.1 Å². The third kappa shape index (κ3) is 7.73. The highest BCUT2D eigenvalue weighted by atomic mass is 19.4. The predicted molar refractivity (Wildman–Crippen MR) is 133 cm³/mol. The molecule has 2 aromatic carbocycles. The second-order valence-corrected chi connectivity index (χ2v) is 8.98. The maximum absolute atomic E-state index is 13.1. The summed E-state index contributed by atoms with van der Waals surface area (Å²) < 4.78 is 39.4. The molecule has 0 fully saturated rings. The molecule has 0 saturated heterocycles. The Morgan fingerprint density at radius 2 is 1.68 bits per heavy atom. The number of aryl methyl sites for hydroxylation is 2. The Morgan fingerprint density at radius 1 is 1.00 bits per heavy atom. The van der Waals surface area contributed by atoms with Crippen molar-refractivity contribution in [1.29, 1.82) is 0 Å². The summed E-state index contributed by atoms with van der Waals surface area (Å²) in [5.74, 6) is -0.00616. The highest BCUT2D eigenvalue weighted by Crippen LogP contribution is 2.34. The number of rotatable bonds is 10. The second kappa shape index (κ2) is 12.2. The molecule has 1 atom stereocenters. The average Bonchev–Trinajstić information content (AvgIpc) is 2.78. The monoisotopic (exact) mass is 475 g/mol. The molecule has 34 heavy (non-hydrogen) atoms. The number of amides is 1. The fraction of sp³-hybridized carbons (Fsp3) is 0.464. The number of nitrogens with one attached hydrogen (secondary N) is 1. The number of aliphatic hydroxyl groups is 1. The fourth-order valence-electron chi connectivity index (χ4n) is 4.04. The van der Waals surface area contributed by atoms with Crippen LogP contribution in [0.5, 0.6) is 0 Å². The Bertz CT molecular complexity index is 1010. The van der Waals surface area contributed by atoms with Gasteiger partial charge in [0.25, 0.3) is 0 Å². The van der Waals surface area contributed by atoms with Gasteiger partial charge in [0.2, 0.25) is 5.91 Å². The topological polar surface area (TPSA) is 49.3 Å². The van der Waals surface area contributed by atoms with Crippen LogP contribution >= 0.6 is 0 Å². The number of aliphatic hydroxyl groups excluding tert-OH is 1. The van der Waals surface area contributed by atoms with Crippen LogP contribution in [-0.4, -0.2) is 17.1 Å². The van der Waals surface area contributed by atoms with Crippen molar-refractivity contribution >= 4 is 17.2 Å². The Balaban J connectivity index is 2.37. The van der Waals surface area contributed by atoms with E-state index in [2.05, 4.69) is 19.2 Å². The lowest BCUT2D eigenvalue weighted by Gasteiger charge is -2.18. The molecule has 0 heterocycles. The molecule has 0 aliphatic rings. The number of alkyl halides is 3. The van der Waals surface area contributed by atoms with E-state index in [0.29, 0.717) is 42.0 Å². The number of allylic oxidation sites excluding steroid dienone is 1. The van der Waals surface area contributed by atoms with Gasteiger partial charge < -0.3 is 10.4 Å². The summed E-state index contributed by atoms with van der Waals surface area (Å²) >= 11 is 0. The van der Waals surface area contributed by atoms with Crippen LogP contribution < -0.4 is 5.32 Å². The summed E-state index contributed by atoms with van der Waals surface area (Å²) in [6, 6.07) is 9.26. The van der Waals surface area contributed by atoms with Crippen molar-refractivity contribution in [3.63, 3.8) is 0 Å². The minimum Gasteiger partial charge on any atom is -0.393 e. The third-order valence-corrected chi connectivity index (χ3v) is 6.41. The summed E-state index contributed by atoms with van der Waals surface area (Å²) in [6.45, 7) is 9.67. The van der Waals surface area contributed by atoms with Crippen molar-refractivity contribution in [2.75, 3.05) is 5.32 Å². The quantitative estimate of drug-likeness (QED) is 0.350. The van der Waals surface area contributed by atoms with E-state index < -0.39 is 17.8 Å². The normalized spacial score (nSPS) is 13.3. The van der Waals surface area contributed by atoms with Gasteiger partial charge in [-0.2, -0.15) is 13.2 Å². The maximum Gasteiger partial charge on any atom is 0.416 e. The van der Waals surface area contributed by atoms with E-state index in [9.17, 15) is 23.1 Å². The van der Waals surface area contributed by atoms with Gasteiger partial charge in [0.1, 0.15) is 0 Å². The van der Waals surface area contributed by atoms with Gasteiger partial charge in [-0.3, -0.25) is 4.79 Å². The first-order chi connectivity index (χ1) is 16.0. The Labute approximate surface area is 201 Å². The lowest BCUT2D eigenvalue weighted by molar-refractivity contribution is -0.137. The van der Waals surface area contributed by atoms with Crippen molar-refractivity contribution < 1.29 is 23.1 Å². The van der Waals surface area contributed by atoms with Crippen LogP contribution in [0.3, 0.4) is 0 Å². The summed E-state index contributed by atoms with van der Waals surface area (Å²) in [4.78, 5) is 12.9. The molecule has 0 bridgehead atoms. The number of halogens is 3. The summed E-state index contributed by atoms with van der Waals surface area (Å²) in [7, 11) is 0. The Kier molecular flexibility index (Phi) is 9.92. The standard InChI is InChI=1S/C28H36F3NO2/c1-6-20(7-2)14-22(26-12-10-23(13-19(26)5)28(29,30)31)17-27(34)32-24-11-9-18(4)21(15-24)16-25(33)8-3/h9-13,15,17,20,25,33H,6-8,14,16H2,1-5H3,(H,32,34)/b22-17+. The molecule has 0 saturated carbocycles. The SMILES string of the molecule is CCC(O)Cc1cc(NC(=O)/C=C(\CC(CC)CC)c2ccc(C(F)(F)F)cc2C)ccc1C. The van der Waals surface area contributed by atoms with Gasteiger partial charge in [0, 0.05) is 11.8 Å². The van der Waals surface area contributed by atoms with Crippen molar-refractivity contribution in [2.24, 2.45) is 5.92 Å². The largest absolute Gasteiger partial charge is 0.416 e. The van der Waals surface area contributed by atoms with Crippen molar-refractivity contribution in [2.45, 2.75) is 79.0 Å². The molecule has 1 amide bonds. The summed E-state index contributed by atoms with van der Waals surface area (Å²) in [5, 5.41) is 12.9. The Hall–Kier alpha value is -2.60. The highest BCUT2D eigenvalue weighted by molar-refractivity contribution is 6.04. The first kappa shape index (κ1) is 27.6. The highest BCUT2D eigenvalue weighted by Gasteiger charge is 2.30. The van der Waals surface area contributed by atoms with Crippen molar-refractivity contribution in [1.82, 2.24) is 0 Å². The van der Waals surface area contributed by atoms with Crippen molar-refractivity contribution in [3.05, 3.63) is 70.3 Å². The van der Waals surface area contributed by atoms with E-state index in [-0.39, 0.29) is 5.91 Å². The minimum absolute atomic E-state index is 0.322. The number of benzene rings is 2. The summed E-state index contributed by atoms with van der Waals surface area (Å²) in [6.07, 6.45) is 0.236. The molecule has 1 unspecified atom stereocenters. The van der Waals surface area contributed by atoms with Gasteiger partial charge in [-0.05, 0) is 91.1 Å². The molecular formula is C28H36F3NO2. The van der Waals surface area contributed by atoms with E-state index in [1.54, 1.807) is 6.92 Å². The lowest BCUT2D eigenvalue weighted by atomic mass is 9.88. The molecule has 0 radical (unpaired) electrons. The van der Waals surface area contributed by atoms with Gasteiger partial charge in [-0.25, -0.2) is 0 Å². The maximum atomic E-state index is 13.1. The van der Waals surface area contributed by atoms with Crippen LogP contribution in [0.15, 0.2) is 42.5 Å². The molecule has 0 aliphatic carbocycles. The Morgan fingerprint density at radius 3 is 2.24 bits per heavy atom. The van der Waals surface area contributed by atoms with E-state index >= 15 is 0 Å². The number of carbonyl (C=O) groups excluding carboxylic acids is 1. The fourth-order valence-corrected chi connectivity index (χ4v) is 4.04. The minimum atomic E-state index is -4.41. The molecule has 0 aromatic heterocycles. The van der Waals surface area contributed by atoms with E-state index in [1.807, 2.05) is 32.0 Å². The van der Waals surface area contributed by atoms with Crippen LogP contribution in [-0.2, 0) is 17.4 Å². The molecule has 2 aromatic rings. The molecule has 2 rings (SSSR count). The zero-order valence-electron chi connectivity index (χ0n) is 20.7. The van der Waals surface area contributed by atoms with E-state index in [0.717, 1.165) is 41.7 Å². The number of hydrogen-bond acceptors (Lipinski definition) is 2. The van der Waals surface area contributed by atoms with Gasteiger partial charge in [0.15, 0.2) is 0 Å². The molecule has 186 valence electrons. The van der Waals surface area contributed by atoms with Crippen molar-refractivity contribution in [3.8, 4) is 0 Å². The van der Waals surface area contributed by atoms with Crippen LogP contribution in [0.25, 0.3) is 5.57 Å². The number of carbonyl (C=O) groups is 1. The smallest absolute Gasteiger partial charge is 0.393 e. The van der Waals surface area contributed by atoms with Gasteiger partial charge in [0.05, 0.1) is 11.7 Å². The van der Waals surface area contributed by atoms with Crippen LogP contribution in [0.4, 0.5) is 18.9 Å². The van der Waals surface area contributed by atoms with Crippen LogP contribution in [0.1, 0.15) is 74.3 Å². The average molecular weight is 476 g/mol. The first-order valence-electron chi connectivity index (χ1n) is 12.0. The molecule has 3 nitrogen and oxygen atoms in total. The van der Waals surface area contributed by atoms with E-state index in [4.69, 9.17) is 0 Å². The molecule has 2 N–H and O–H groups in total. The lowest BCUT2D eigenvalue weighted by Crippen LogP contribution is -2.13. The first-order valence-corrected chi connectivity index (χ1v) is 12.0. The van der Waals surface area contributed by atoms with Gasteiger partial charge >= 0.3 is 6.18 Å². The second-order valence-electron chi connectivity index (χ2n) is 8.98. The summed E-state index contributed by atoms with van der Waals surface area (Å²) in [5.41, 5.74) is 3.81. The van der Waals surface area contributed by atoms with Crippen LogP contribution in [0.2, 0.25) is 0 Å². The zero-order valence-corrected chi connectivity index (χ0v) is 20.7. The third-order valence-electron chi connectivity index (χ3n) is 6.41.